The Morgan fingerprint density at radius 1 is 1.25 bits per heavy atom. The highest BCUT2D eigenvalue weighted by Gasteiger charge is 2.34. The van der Waals surface area contributed by atoms with Crippen LogP contribution in [0.4, 0.5) is 23.2 Å². The molecule has 0 fully saturated rings. The maximum absolute atomic E-state index is 13.9. The number of carbonyl (C=O) groups is 1. The number of carboxylic acid groups (broad SMARTS) is 1. The van der Waals surface area contributed by atoms with Crippen molar-refractivity contribution < 1.29 is 32.2 Å². The maximum Gasteiger partial charge on any atom is 0.419 e. The average molecular weight is 464 g/mol. The first-order chi connectivity index (χ1) is 15.1. The van der Waals surface area contributed by atoms with Gasteiger partial charge < -0.3 is 9.84 Å². The minimum Gasteiger partial charge on any atom is -0.486 e. The van der Waals surface area contributed by atoms with Crippen LogP contribution in [0.5, 0.6) is 5.75 Å². The molecule has 0 atom stereocenters. The van der Waals surface area contributed by atoms with Crippen LogP contribution in [0.3, 0.4) is 0 Å². The lowest BCUT2D eigenvalue weighted by atomic mass is 10.1. The molecule has 0 saturated heterocycles. The number of aryl methyl sites for hydroxylation is 1. The second kappa shape index (κ2) is 8.34. The van der Waals surface area contributed by atoms with Crippen LogP contribution >= 0.6 is 11.3 Å². The Hall–Kier alpha value is -3.27. The van der Waals surface area contributed by atoms with Crippen LogP contribution in [-0.2, 0) is 24.0 Å². The zero-order valence-electron chi connectivity index (χ0n) is 16.7. The minimum atomic E-state index is -4.76. The molecule has 1 aliphatic heterocycles. The highest BCUT2D eigenvalue weighted by Crippen LogP contribution is 2.38. The summed E-state index contributed by atoms with van der Waals surface area (Å²) in [4.78, 5) is 20.4. The van der Waals surface area contributed by atoms with E-state index in [9.17, 15) is 22.4 Å². The van der Waals surface area contributed by atoms with E-state index in [0.717, 1.165) is 16.5 Å². The van der Waals surface area contributed by atoms with Crippen molar-refractivity contribution in [3.8, 4) is 16.3 Å². The van der Waals surface area contributed by atoms with Crippen molar-refractivity contribution in [3.05, 3.63) is 63.9 Å². The van der Waals surface area contributed by atoms with Crippen molar-refractivity contribution in [2.75, 3.05) is 0 Å². The zero-order chi connectivity index (χ0) is 23.0. The molecule has 1 aromatic heterocycles. The molecule has 2 aromatic carbocycles. The molecule has 32 heavy (non-hydrogen) atoms. The summed E-state index contributed by atoms with van der Waals surface area (Å²) < 4.78 is 58.2. The standard InChI is InChI=1S/C22H16F4N2O3S/c1-11-18(32-21(27-11)13-5-6-15(16(23)8-13)22(24,25)26)10-31-17-4-2-3-12-7-14(9-19(29)30)28-20(12)17/h2-6,8H,7,9-10H2,1H3,(H,29,30). The Labute approximate surface area is 184 Å². The van der Waals surface area contributed by atoms with Gasteiger partial charge in [-0.1, -0.05) is 18.2 Å². The molecule has 1 N–H and O–H groups in total. The van der Waals surface area contributed by atoms with Gasteiger partial charge in [0.15, 0.2) is 0 Å². The Bertz CT molecular complexity index is 1230. The van der Waals surface area contributed by atoms with Gasteiger partial charge in [0.05, 0.1) is 22.6 Å². The smallest absolute Gasteiger partial charge is 0.419 e. The number of hydrogen-bond donors (Lipinski definition) is 1. The summed E-state index contributed by atoms with van der Waals surface area (Å²) >= 11 is 1.20. The van der Waals surface area contributed by atoms with Crippen molar-refractivity contribution in [1.82, 2.24) is 4.98 Å². The van der Waals surface area contributed by atoms with Gasteiger partial charge in [0, 0.05) is 17.7 Å². The minimum absolute atomic E-state index is 0.132. The average Bonchev–Trinajstić information content (AvgIpc) is 3.27. The van der Waals surface area contributed by atoms with E-state index in [0.29, 0.717) is 40.3 Å². The number of hydrogen-bond acceptors (Lipinski definition) is 5. The number of nitrogens with zero attached hydrogens (tertiary/aromatic N) is 2. The second-order valence-electron chi connectivity index (χ2n) is 7.20. The fourth-order valence-corrected chi connectivity index (χ4v) is 4.33. The molecule has 0 aliphatic carbocycles. The van der Waals surface area contributed by atoms with E-state index in [1.54, 1.807) is 19.1 Å². The van der Waals surface area contributed by atoms with Crippen molar-refractivity contribution >= 4 is 28.7 Å². The molecule has 0 spiro atoms. The number of ether oxygens (including phenoxy) is 1. The number of carboxylic acids is 1. The lowest BCUT2D eigenvalue weighted by molar-refractivity contribution is -0.140. The van der Waals surface area contributed by atoms with Gasteiger partial charge in [-0.15, -0.1) is 11.3 Å². The largest absolute Gasteiger partial charge is 0.486 e. The fourth-order valence-electron chi connectivity index (χ4n) is 3.35. The summed E-state index contributed by atoms with van der Waals surface area (Å²) in [5.74, 6) is -1.81. The summed E-state index contributed by atoms with van der Waals surface area (Å²) in [6.07, 6.45) is -4.46. The zero-order valence-corrected chi connectivity index (χ0v) is 17.5. The third-order valence-corrected chi connectivity index (χ3v) is 6.06. The fraction of sp³-hybridized carbons (Fsp3) is 0.227. The topological polar surface area (TPSA) is 71.8 Å². The predicted octanol–water partition coefficient (Wildman–Crippen LogP) is 5.96. The molecule has 0 amide bonds. The predicted molar refractivity (Wildman–Crippen MR) is 111 cm³/mol. The van der Waals surface area contributed by atoms with E-state index < -0.39 is 23.5 Å². The number of fused-ring (bicyclic) bond motifs is 1. The number of aromatic nitrogens is 1. The van der Waals surface area contributed by atoms with E-state index in [2.05, 4.69) is 9.98 Å². The van der Waals surface area contributed by atoms with Crippen LogP contribution in [0.25, 0.3) is 10.6 Å². The van der Waals surface area contributed by atoms with Gasteiger partial charge in [-0.2, -0.15) is 13.2 Å². The van der Waals surface area contributed by atoms with Gasteiger partial charge in [0.25, 0.3) is 0 Å². The van der Waals surface area contributed by atoms with Crippen molar-refractivity contribution in [3.63, 3.8) is 0 Å². The first-order valence-electron chi connectivity index (χ1n) is 9.48. The highest BCUT2D eigenvalue weighted by molar-refractivity contribution is 7.15. The van der Waals surface area contributed by atoms with Gasteiger partial charge in [0.1, 0.15) is 28.9 Å². The first-order valence-corrected chi connectivity index (χ1v) is 10.3. The monoisotopic (exact) mass is 464 g/mol. The Balaban J connectivity index is 1.53. The number of rotatable bonds is 6. The second-order valence-corrected chi connectivity index (χ2v) is 8.28. The first kappa shape index (κ1) is 21.9. The van der Waals surface area contributed by atoms with Gasteiger partial charge in [-0.05, 0) is 30.7 Å². The normalized spacial score (nSPS) is 13.1. The van der Waals surface area contributed by atoms with Crippen LogP contribution in [-0.4, -0.2) is 21.8 Å². The van der Waals surface area contributed by atoms with Crippen LogP contribution in [0.1, 0.15) is 28.1 Å². The van der Waals surface area contributed by atoms with Crippen LogP contribution < -0.4 is 4.74 Å². The van der Waals surface area contributed by atoms with Crippen molar-refractivity contribution in [1.29, 1.82) is 0 Å². The molecule has 0 radical (unpaired) electrons. The number of halogens is 4. The molecule has 1 aliphatic rings. The number of benzene rings is 2. The van der Waals surface area contributed by atoms with E-state index in [1.165, 1.54) is 17.4 Å². The molecule has 3 aromatic rings. The molecule has 0 bridgehead atoms. The lowest BCUT2D eigenvalue weighted by Gasteiger charge is -2.08. The Morgan fingerprint density at radius 2 is 2.03 bits per heavy atom. The number of aliphatic imine (C=N–C) groups is 1. The third-order valence-electron chi connectivity index (χ3n) is 4.88. The molecule has 5 nitrogen and oxygen atoms in total. The van der Waals surface area contributed by atoms with Crippen molar-refractivity contribution in [2.45, 2.75) is 32.5 Å². The highest BCUT2D eigenvalue weighted by atomic mass is 32.1. The number of thiazole rings is 1. The quantitative estimate of drug-likeness (QED) is 0.457. The number of aliphatic carboxylic acids is 1. The molecular weight excluding hydrogens is 448 g/mol. The van der Waals surface area contributed by atoms with Gasteiger partial charge in [0.2, 0.25) is 0 Å². The molecule has 0 unspecified atom stereocenters. The Morgan fingerprint density at radius 3 is 2.72 bits per heavy atom. The van der Waals surface area contributed by atoms with E-state index in [1.807, 2.05) is 6.07 Å². The summed E-state index contributed by atoms with van der Waals surface area (Å²) in [6.45, 7) is 1.87. The lowest BCUT2D eigenvalue weighted by Crippen LogP contribution is -2.07. The van der Waals surface area contributed by atoms with Crippen LogP contribution in [0.15, 0.2) is 41.4 Å². The molecule has 4 rings (SSSR count). The van der Waals surface area contributed by atoms with Gasteiger partial charge in [-0.25, -0.2) is 9.37 Å². The summed E-state index contributed by atoms with van der Waals surface area (Å²) in [7, 11) is 0. The number of alkyl halides is 3. The van der Waals surface area contributed by atoms with Gasteiger partial charge in [-0.3, -0.25) is 9.79 Å². The van der Waals surface area contributed by atoms with E-state index in [4.69, 9.17) is 9.84 Å². The van der Waals surface area contributed by atoms with E-state index >= 15 is 0 Å². The van der Waals surface area contributed by atoms with Crippen LogP contribution in [0, 0.1) is 12.7 Å². The van der Waals surface area contributed by atoms with Gasteiger partial charge >= 0.3 is 12.1 Å². The maximum atomic E-state index is 13.9. The number of para-hydroxylation sites is 1. The summed E-state index contributed by atoms with van der Waals surface area (Å²) in [5.41, 5.74) is 1.56. The van der Waals surface area contributed by atoms with Crippen LogP contribution in [0.2, 0.25) is 0 Å². The molecular formula is C22H16F4N2O3S. The molecule has 0 saturated carbocycles. The molecule has 166 valence electrons. The van der Waals surface area contributed by atoms with E-state index in [-0.39, 0.29) is 18.6 Å². The molecule has 2 heterocycles. The third kappa shape index (κ3) is 4.50. The molecule has 10 heteroatoms. The summed E-state index contributed by atoms with van der Waals surface area (Å²) in [5, 5.41) is 9.36. The summed E-state index contributed by atoms with van der Waals surface area (Å²) in [6, 6.07) is 8.11. The SMILES string of the molecule is Cc1nc(-c2ccc(C(F)(F)F)c(F)c2)sc1COc1cccc2c1N=C(CC(=O)O)C2. The van der Waals surface area contributed by atoms with Crippen molar-refractivity contribution in [2.24, 2.45) is 4.99 Å². The Kier molecular flexibility index (Phi) is 5.72.